The largest absolute Gasteiger partial charge is 0.363 e. The molecule has 0 spiro atoms. The topological polar surface area (TPSA) is 114 Å². The highest BCUT2D eigenvalue weighted by Crippen LogP contribution is 2.12. The van der Waals surface area contributed by atoms with E-state index >= 15 is 0 Å². The number of rotatable bonds is 8. The van der Waals surface area contributed by atoms with Crippen LogP contribution in [-0.2, 0) is 23.0 Å². The molecule has 0 aliphatic heterocycles. The van der Waals surface area contributed by atoms with Crippen LogP contribution in [0.25, 0.3) is 5.65 Å². The van der Waals surface area contributed by atoms with Crippen LogP contribution in [0.3, 0.4) is 0 Å². The Labute approximate surface area is 174 Å². The number of benzene rings is 1. The fourth-order valence-corrected chi connectivity index (χ4v) is 4.07. The lowest BCUT2D eigenvalue weighted by Crippen LogP contribution is -2.26. The van der Waals surface area contributed by atoms with E-state index in [0.29, 0.717) is 30.3 Å². The van der Waals surface area contributed by atoms with Gasteiger partial charge in [0.2, 0.25) is 10.0 Å². The molecule has 0 atom stereocenters. The minimum Gasteiger partial charge on any atom is -0.363 e. The monoisotopic (exact) mass is 423 g/mol. The number of hydrogen-bond acceptors (Lipinski definition) is 7. The van der Waals surface area contributed by atoms with Crippen LogP contribution in [0.2, 0.25) is 0 Å². The van der Waals surface area contributed by atoms with Crippen molar-refractivity contribution in [1.82, 2.24) is 29.5 Å². The summed E-state index contributed by atoms with van der Waals surface area (Å²) in [6, 6.07) is 16.1. The number of nitrogens with one attached hydrogen (secondary N) is 2. The van der Waals surface area contributed by atoms with E-state index in [1.807, 2.05) is 37.3 Å². The second-order valence-corrected chi connectivity index (χ2v) is 8.51. The zero-order chi connectivity index (χ0) is 21.0. The second kappa shape index (κ2) is 8.56. The van der Waals surface area contributed by atoms with Crippen LogP contribution in [0.5, 0.6) is 0 Å². The quantitative estimate of drug-likeness (QED) is 0.445. The summed E-state index contributed by atoms with van der Waals surface area (Å²) in [5, 5.41) is 16.0. The number of sulfonamides is 1. The van der Waals surface area contributed by atoms with E-state index in [4.69, 9.17) is 0 Å². The molecule has 2 N–H and O–H groups in total. The minimum absolute atomic E-state index is 0.185. The number of fused-ring (bicyclic) bond motifs is 1. The van der Waals surface area contributed by atoms with Gasteiger partial charge < -0.3 is 5.32 Å². The standard InChI is InChI=1S/C20H21N7O2S/c1-15-5-4-7-17(13-15)30(28,29)23-12-10-20-25-24-19-9-8-18(26-27(19)20)22-14-16-6-2-3-11-21-16/h2-9,11,13,23H,10,12,14H2,1H3,(H,22,26). The lowest BCUT2D eigenvalue weighted by molar-refractivity contribution is 0.580. The molecule has 3 heterocycles. The number of aromatic nitrogens is 5. The van der Waals surface area contributed by atoms with Gasteiger partial charge in [-0.25, -0.2) is 13.1 Å². The average molecular weight is 424 g/mol. The smallest absolute Gasteiger partial charge is 0.240 e. The second-order valence-electron chi connectivity index (χ2n) is 6.74. The molecule has 0 amide bonds. The van der Waals surface area contributed by atoms with Gasteiger partial charge in [-0.1, -0.05) is 18.2 Å². The van der Waals surface area contributed by atoms with Gasteiger partial charge in [0.25, 0.3) is 0 Å². The van der Waals surface area contributed by atoms with Crippen LogP contribution in [0.15, 0.2) is 65.7 Å². The van der Waals surface area contributed by atoms with E-state index < -0.39 is 10.0 Å². The molecule has 0 fully saturated rings. The molecule has 10 heteroatoms. The zero-order valence-corrected chi connectivity index (χ0v) is 17.2. The highest BCUT2D eigenvalue weighted by Gasteiger charge is 2.15. The predicted molar refractivity (Wildman–Crippen MR) is 112 cm³/mol. The van der Waals surface area contributed by atoms with Crippen molar-refractivity contribution in [3.8, 4) is 0 Å². The summed E-state index contributed by atoms with van der Waals surface area (Å²) in [7, 11) is -3.58. The van der Waals surface area contributed by atoms with Gasteiger partial charge in [0.05, 0.1) is 17.1 Å². The SMILES string of the molecule is Cc1cccc(S(=O)(=O)NCCc2nnc3ccc(NCc4ccccn4)nn23)c1. The third kappa shape index (κ3) is 4.61. The summed E-state index contributed by atoms with van der Waals surface area (Å²) in [4.78, 5) is 4.51. The van der Waals surface area contributed by atoms with Gasteiger partial charge in [0.15, 0.2) is 11.5 Å². The molecule has 0 saturated carbocycles. The maximum atomic E-state index is 12.5. The summed E-state index contributed by atoms with van der Waals surface area (Å²) >= 11 is 0. The van der Waals surface area contributed by atoms with Crippen molar-refractivity contribution in [2.45, 2.75) is 24.8 Å². The van der Waals surface area contributed by atoms with E-state index in [0.717, 1.165) is 11.3 Å². The van der Waals surface area contributed by atoms with Crippen LogP contribution in [-0.4, -0.2) is 39.8 Å². The Morgan fingerprint density at radius 1 is 1.03 bits per heavy atom. The number of nitrogens with zero attached hydrogens (tertiary/aromatic N) is 5. The van der Waals surface area contributed by atoms with Crippen LogP contribution < -0.4 is 10.0 Å². The number of anilines is 1. The highest BCUT2D eigenvalue weighted by molar-refractivity contribution is 7.89. The third-order valence-corrected chi connectivity index (χ3v) is 5.90. The fourth-order valence-electron chi connectivity index (χ4n) is 2.93. The Hall–Kier alpha value is -3.37. The molecule has 0 aliphatic rings. The van der Waals surface area contributed by atoms with Crippen molar-refractivity contribution in [2.75, 3.05) is 11.9 Å². The summed E-state index contributed by atoms with van der Waals surface area (Å²) in [5.74, 6) is 1.22. The van der Waals surface area contributed by atoms with Crippen molar-refractivity contribution in [1.29, 1.82) is 0 Å². The minimum atomic E-state index is -3.58. The van der Waals surface area contributed by atoms with Gasteiger partial charge in [-0.3, -0.25) is 4.98 Å². The Balaban J connectivity index is 1.43. The predicted octanol–water partition coefficient (Wildman–Crippen LogP) is 1.96. The summed E-state index contributed by atoms with van der Waals surface area (Å²) < 4.78 is 29.1. The lowest BCUT2D eigenvalue weighted by Gasteiger charge is -2.08. The summed E-state index contributed by atoms with van der Waals surface area (Å²) in [5.41, 5.74) is 2.38. The fraction of sp³-hybridized carbons (Fsp3) is 0.200. The van der Waals surface area contributed by atoms with Crippen LogP contribution in [0.1, 0.15) is 17.1 Å². The van der Waals surface area contributed by atoms with E-state index in [1.54, 1.807) is 35.0 Å². The first-order chi connectivity index (χ1) is 14.5. The molecule has 4 aromatic rings. The van der Waals surface area contributed by atoms with E-state index in [1.165, 1.54) is 0 Å². The van der Waals surface area contributed by atoms with E-state index in [2.05, 4.69) is 30.3 Å². The number of pyridine rings is 1. The maximum Gasteiger partial charge on any atom is 0.240 e. The normalized spacial score (nSPS) is 11.6. The average Bonchev–Trinajstić information content (AvgIpc) is 3.15. The van der Waals surface area contributed by atoms with Gasteiger partial charge in [0, 0.05) is 19.2 Å². The zero-order valence-electron chi connectivity index (χ0n) is 16.4. The molecule has 4 rings (SSSR count). The molecule has 1 aromatic carbocycles. The van der Waals surface area contributed by atoms with Gasteiger partial charge in [-0.2, -0.15) is 4.52 Å². The van der Waals surface area contributed by atoms with Gasteiger partial charge in [0.1, 0.15) is 5.82 Å². The van der Waals surface area contributed by atoms with E-state index in [-0.39, 0.29) is 11.4 Å². The molecule has 0 aliphatic carbocycles. The highest BCUT2D eigenvalue weighted by atomic mass is 32.2. The molecule has 0 radical (unpaired) electrons. The molecule has 0 unspecified atom stereocenters. The number of aryl methyl sites for hydroxylation is 1. The number of hydrogen-bond donors (Lipinski definition) is 2. The third-order valence-electron chi connectivity index (χ3n) is 4.44. The van der Waals surface area contributed by atoms with Crippen molar-refractivity contribution >= 4 is 21.5 Å². The van der Waals surface area contributed by atoms with E-state index in [9.17, 15) is 8.42 Å². The Bertz CT molecular complexity index is 1260. The Morgan fingerprint density at radius 3 is 2.73 bits per heavy atom. The first-order valence-corrected chi connectivity index (χ1v) is 10.9. The molecule has 0 saturated heterocycles. The first kappa shape index (κ1) is 19.9. The van der Waals surface area contributed by atoms with Crippen molar-refractivity contribution < 1.29 is 8.42 Å². The van der Waals surface area contributed by atoms with Crippen LogP contribution in [0.4, 0.5) is 5.82 Å². The molecule has 30 heavy (non-hydrogen) atoms. The molecular formula is C20H21N7O2S. The first-order valence-electron chi connectivity index (χ1n) is 9.43. The Morgan fingerprint density at radius 2 is 1.93 bits per heavy atom. The van der Waals surface area contributed by atoms with Crippen LogP contribution in [0, 0.1) is 6.92 Å². The molecule has 3 aromatic heterocycles. The Kier molecular flexibility index (Phi) is 5.68. The maximum absolute atomic E-state index is 12.5. The molecular weight excluding hydrogens is 402 g/mol. The van der Waals surface area contributed by atoms with Crippen molar-refractivity contribution in [3.05, 3.63) is 77.9 Å². The molecule has 0 bridgehead atoms. The van der Waals surface area contributed by atoms with Gasteiger partial charge >= 0.3 is 0 Å². The van der Waals surface area contributed by atoms with Crippen molar-refractivity contribution in [3.63, 3.8) is 0 Å². The van der Waals surface area contributed by atoms with Gasteiger partial charge in [-0.05, 0) is 48.9 Å². The summed E-state index contributed by atoms with van der Waals surface area (Å²) in [6.45, 7) is 2.57. The van der Waals surface area contributed by atoms with Gasteiger partial charge in [-0.15, -0.1) is 15.3 Å². The van der Waals surface area contributed by atoms with Crippen LogP contribution >= 0.6 is 0 Å². The lowest BCUT2D eigenvalue weighted by atomic mass is 10.2. The molecule has 9 nitrogen and oxygen atoms in total. The summed E-state index contributed by atoms with van der Waals surface area (Å²) in [6.07, 6.45) is 2.09. The van der Waals surface area contributed by atoms with Crippen molar-refractivity contribution in [2.24, 2.45) is 0 Å². The molecule has 154 valence electrons.